The lowest BCUT2D eigenvalue weighted by molar-refractivity contribution is 0.153. The van der Waals surface area contributed by atoms with Crippen LogP contribution in [0.1, 0.15) is 12.0 Å². The van der Waals surface area contributed by atoms with Crippen LogP contribution in [0.5, 0.6) is 0 Å². The zero-order valence-electron chi connectivity index (χ0n) is 20.5. The summed E-state index contributed by atoms with van der Waals surface area (Å²) >= 11 is 0. The van der Waals surface area contributed by atoms with Crippen LogP contribution in [0.4, 0.5) is 8.78 Å². The van der Waals surface area contributed by atoms with Gasteiger partial charge in [-0.05, 0) is 45.0 Å². The summed E-state index contributed by atoms with van der Waals surface area (Å²) < 4.78 is 28.4. The molecule has 0 aliphatic rings. The fraction of sp³-hybridized carbons (Fsp3) is 0.0294. The molecule has 0 N–H and O–H groups in total. The lowest BCUT2D eigenvalue weighted by Gasteiger charge is -2.21. The van der Waals surface area contributed by atoms with Gasteiger partial charge in [-0.2, -0.15) is 0 Å². The molecular formula is C34H24F2NP. The van der Waals surface area contributed by atoms with Crippen molar-refractivity contribution in [1.29, 1.82) is 0 Å². The van der Waals surface area contributed by atoms with Gasteiger partial charge in [0.2, 0.25) is 0 Å². The van der Waals surface area contributed by atoms with E-state index in [1.54, 1.807) is 18.2 Å². The van der Waals surface area contributed by atoms with Crippen LogP contribution in [-0.2, 0) is 0 Å². The number of aromatic nitrogens is 1. The van der Waals surface area contributed by atoms with E-state index in [9.17, 15) is 8.78 Å². The highest BCUT2D eigenvalue weighted by Crippen LogP contribution is 2.36. The average molecular weight is 516 g/mol. The molecule has 0 aliphatic heterocycles. The maximum absolute atomic E-state index is 14.2. The van der Waals surface area contributed by atoms with Crippen molar-refractivity contribution in [3.63, 3.8) is 0 Å². The van der Waals surface area contributed by atoms with Gasteiger partial charge in [-0.25, -0.2) is 13.8 Å². The number of para-hydroxylation sites is 1. The second kappa shape index (κ2) is 10.7. The predicted octanol–water partition coefficient (Wildman–Crippen LogP) is 8.26. The highest BCUT2D eigenvalue weighted by molar-refractivity contribution is 7.79. The SMILES string of the molecule is FC(F)c1cc(P(c2ccc(-c3ccccc3)cc2)c2ccc(-c3ccccc3)cc2)nc2ccccc12. The Morgan fingerprint density at radius 3 is 1.45 bits per heavy atom. The monoisotopic (exact) mass is 515 g/mol. The summed E-state index contributed by atoms with van der Waals surface area (Å²) in [4.78, 5) is 4.93. The Balaban J connectivity index is 1.49. The second-order valence-electron chi connectivity index (χ2n) is 9.05. The molecule has 0 unspecified atom stereocenters. The lowest BCUT2D eigenvalue weighted by Crippen LogP contribution is -2.23. The van der Waals surface area contributed by atoms with Crippen molar-refractivity contribution in [3.05, 3.63) is 145 Å². The van der Waals surface area contributed by atoms with Gasteiger partial charge >= 0.3 is 0 Å². The number of pyridine rings is 1. The summed E-state index contributed by atoms with van der Waals surface area (Å²) in [7, 11) is -1.17. The molecule has 0 bridgehead atoms. The molecule has 5 aromatic carbocycles. The minimum atomic E-state index is -2.58. The number of benzene rings is 5. The van der Waals surface area contributed by atoms with Crippen LogP contribution in [0.2, 0.25) is 0 Å². The Morgan fingerprint density at radius 1 is 0.500 bits per heavy atom. The van der Waals surface area contributed by atoms with Gasteiger partial charge in [0.15, 0.2) is 0 Å². The molecule has 4 heteroatoms. The quantitative estimate of drug-likeness (QED) is 0.204. The zero-order valence-corrected chi connectivity index (χ0v) is 21.4. The molecule has 0 atom stereocenters. The lowest BCUT2D eigenvalue weighted by atomic mass is 10.1. The number of rotatable bonds is 6. The number of hydrogen-bond donors (Lipinski definition) is 0. The van der Waals surface area contributed by atoms with Crippen molar-refractivity contribution in [1.82, 2.24) is 4.98 Å². The molecule has 0 saturated heterocycles. The molecule has 1 nitrogen and oxygen atoms in total. The van der Waals surface area contributed by atoms with Gasteiger partial charge in [0.1, 0.15) is 0 Å². The Labute approximate surface area is 222 Å². The van der Waals surface area contributed by atoms with E-state index in [-0.39, 0.29) is 5.56 Å². The molecule has 184 valence electrons. The molecule has 0 fully saturated rings. The normalized spacial score (nSPS) is 11.4. The molecule has 0 aliphatic carbocycles. The molecule has 0 spiro atoms. The van der Waals surface area contributed by atoms with Gasteiger partial charge in [-0.3, -0.25) is 0 Å². The maximum atomic E-state index is 14.2. The molecule has 1 aromatic heterocycles. The first-order valence-corrected chi connectivity index (χ1v) is 13.8. The fourth-order valence-corrected chi connectivity index (χ4v) is 6.96. The first-order chi connectivity index (χ1) is 18.7. The number of nitrogens with zero attached hydrogens (tertiary/aromatic N) is 1. The molecule has 1 heterocycles. The van der Waals surface area contributed by atoms with Gasteiger partial charge < -0.3 is 0 Å². The first kappa shape index (κ1) is 24.2. The minimum Gasteiger partial charge on any atom is -0.247 e. The molecule has 0 saturated carbocycles. The molecular weight excluding hydrogens is 491 g/mol. The van der Waals surface area contributed by atoms with Crippen LogP contribution in [0.15, 0.2) is 140 Å². The maximum Gasteiger partial charge on any atom is 0.264 e. The Hall–Kier alpha value is -4.20. The standard InChI is InChI=1S/C34H24F2NP/c35-34(36)31-23-33(37-32-14-8-7-13-30(31)32)38(28-19-15-26(16-20-28)24-9-3-1-4-10-24)29-21-17-27(18-22-29)25-11-5-2-6-12-25/h1-23,34H. The van der Waals surface area contributed by atoms with Crippen LogP contribution < -0.4 is 16.0 Å². The Bertz CT molecular complexity index is 1580. The second-order valence-corrected chi connectivity index (χ2v) is 11.2. The van der Waals surface area contributed by atoms with Crippen LogP contribution >= 0.6 is 7.92 Å². The third-order valence-electron chi connectivity index (χ3n) is 6.66. The summed E-state index contributed by atoms with van der Waals surface area (Å²) in [6.45, 7) is 0. The minimum absolute atomic E-state index is 0.0277. The van der Waals surface area contributed by atoms with Gasteiger partial charge in [0.25, 0.3) is 6.43 Å². The number of hydrogen-bond acceptors (Lipinski definition) is 1. The van der Waals surface area contributed by atoms with Crippen molar-refractivity contribution in [3.8, 4) is 22.3 Å². The third kappa shape index (κ3) is 4.86. The molecule has 6 aromatic rings. The van der Waals surface area contributed by atoms with Crippen molar-refractivity contribution >= 4 is 34.9 Å². The molecule has 6 rings (SSSR count). The third-order valence-corrected chi connectivity index (χ3v) is 8.98. The van der Waals surface area contributed by atoms with Crippen LogP contribution in [0, 0.1) is 0 Å². The predicted molar refractivity (Wildman–Crippen MR) is 156 cm³/mol. The van der Waals surface area contributed by atoms with E-state index in [1.807, 2.05) is 48.5 Å². The summed E-state index contributed by atoms with van der Waals surface area (Å²) in [5.74, 6) is 0. The number of fused-ring (bicyclic) bond motifs is 1. The van der Waals surface area contributed by atoms with E-state index < -0.39 is 14.3 Å². The highest BCUT2D eigenvalue weighted by atomic mass is 31.1. The molecule has 0 amide bonds. The molecule has 38 heavy (non-hydrogen) atoms. The van der Waals surface area contributed by atoms with E-state index in [1.165, 1.54) is 0 Å². The van der Waals surface area contributed by atoms with Crippen LogP contribution in [0.3, 0.4) is 0 Å². The van der Waals surface area contributed by atoms with E-state index >= 15 is 0 Å². The number of alkyl halides is 2. The van der Waals surface area contributed by atoms with E-state index in [4.69, 9.17) is 4.98 Å². The average Bonchev–Trinajstić information content (AvgIpc) is 2.98. The van der Waals surface area contributed by atoms with E-state index in [0.29, 0.717) is 16.3 Å². The topological polar surface area (TPSA) is 12.9 Å². The van der Waals surface area contributed by atoms with Crippen LogP contribution in [-0.4, -0.2) is 4.98 Å². The first-order valence-electron chi connectivity index (χ1n) is 12.5. The largest absolute Gasteiger partial charge is 0.264 e. The van der Waals surface area contributed by atoms with E-state index in [2.05, 4.69) is 72.8 Å². The van der Waals surface area contributed by atoms with Crippen molar-refractivity contribution in [2.75, 3.05) is 0 Å². The summed E-state index contributed by atoms with van der Waals surface area (Å²) in [5, 5.41) is 2.63. The Kier molecular flexibility index (Phi) is 6.77. The van der Waals surface area contributed by atoms with Crippen molar-refractivity contribution in [2.45, 2.75) is 6.43 Å². The van der Waals surface area contributed by atoms with E-state index in [0.717, 1.165) is 32.9 Å². The van der Waals surface area contributed by atoms with Crippen LogP contribution in [0.25, 0.3) is 33.2 Å². The summed E-state index contributed by atoms with van der Waals surface area (Å²) in [6.07, 6.45) is -2.58. The Morgan fingerprint density at radius 2 is 0.947 bits per heavy atom. The van der Waals surface area contributed by atoms with Gasteiger partial charge in [-0.1, -0.05) is 127 Å². The molecule has 0 radical (unpaired) electrons. The van der Waals surface area contributed by atoms with Gasteiger partial charge in [0.05, 0.1) is 11.0 Å². The van der Waals surface area contributed by atoms with Crippen molar-refractivity contribution in [2.24, 2.45) is 0 Å². The summed E-state index contributed by atoms with van der Waals surface area (Å²) in [6, 6.07) is 46.1. The summed E-state index contributed by atoms with van der Waals surface area (Å²) in [5.41, 5.74) is 5.80. The van der Waals surface area contributed by atoms with Gasteiger partial charge in [0, 0.05) is 18.9 Å². The van der Waals surface area contributed by atoms with Gasteiger partial charge in [-0.15, -0.1) is 0 Å². The fourth-order valence-electron chi connectivity index (χ4n) is 4.76. The highest BCUT2D eigenvalue weighted by Gasteiger charge is 2.22. The smallest absolute Gasteiger partial charge is 0.247 e. The van der Waals surface area contributed by atoms with Crippen molar-refractivity contribution < 1.29 is 8.78 Å². The zero-order chi connectivity index (χ0) is 25.9. The number of halogens is 2.